The monoisotopic (exact) mass is 364 g/mol. The maximum Gasteiger partial charge on any atom is -0.0262 e. The molecule has 0 bridgehead atoms. The SMILES string of the molecule is C.C.CC1=CCC(C)CC1.CC1C=CC(C)CC1.CC1CCC(C)CC1. The van der Waals surface area contributed by atoms with E-state index in [-0.39, 0.29) is 14.9 Å². The lowest BCUT2D eigenvalue weighted by atomic mass is 9.84. The van der Waals surface area contributed by atoms with Gasteiger partial charge in [-0.25, -0.2) is 0 Å². The Morgan fingerprint density at radius 2 is 1.04 bits per heavy atom. The summed E-state index contributed by atoms with van der Waals surface area (Å²) in [6.45, 7) is 13.8. The zero-order valence-corrected chi connectivity index (χ0v) is 17.5. The topological polar surface area (TPSA) is 0 Å². The first kappa shape index (κ1) is 27.7. The van der Waals surface area contributed by atoms with Gasteiger partial charge in [0.1, 0.15) is 0 Å². The van der Waals surface area contributed by atoms with Gasteiger partial charge in [0.2, 0.25) is 0 Å². The van der Waals surface area contributed by atoms with Gasteiger partial charge in [0.25, 0.3) is 0 Å². The van der Waals surface area contributed by atoms with Crippen LogP contribution in [0, 0.1) is 29.6 Å². The Morgan fingerprint density at radius 1 is 0.615 bits per heavy atom. The summed E-state index contributed by atoms with van der Waals surface area (Å²) in [5.41, 5.74) is 1.59. The van der Waals surface area contributed by atoms with Gasteiger partial charge < -0.3 is 0 Å². The maximum absolute atomic E-state index is 2.37. The average molecular weight is 365 g/mol. The zero-order valence-electron chi connectivity index (χ0n) is 17.5. The first-order valence-corrected chi connectivity index (χ1v) is 10.7. The van der Waals surface area contributed by atoms with E-state index >= 15 is 0 Å². The molecular formula is C26H52. The van der Waals surface area contributed by atoms with Crippen molar-refractivity contribution in [1.82, 2.24) is 0 Å². The van der Waals surface area contributed by atoms with Crippen LogP contribution in [0.1, 0.15) is 114 Å². The molecule has 0 spiro atoms. The van der Waals surface area contributed by atoms with Gasteiger partial charge in [0, 0.05) is 0 Å². The van der Waals surface area contributed by atoms with Crippen molar-refractivity contribution in [3.8, 4) is 0 Å². The van der Waals surface area contributed by atoms with Crippen molar-refractivity contribution in [2.45, 2.75) is 114 Å². The van der Waals surface area contributed by atoms with Gasteiger partial charge in [-0.2, -0.15) is 0 Å². The largest absolute Gasteiger partial charge is 0.0854 e. The van der Waals surface area contributed by atoms with Gasteiger partial charge in [0.15, 0.2) is 0 Å². The van der Waals surface area contributed by atoms with E-state index in [1.54, 1.807) is 5.57 Å². The van der Waals surface area contributed by atoms with E-state index in [4.69, 9.17) is 0 Å². The molecule has 0 radical (unpaired) electrons. The van der Waals surface area contributed by atoms with Crippen LogP contribution in [0.15, 0.2) is 23.8 Å². The number of rotatable bonds is 0. The Kier molecular flexibility index (Phi) is 16.5. The summed E-state index contributed by atoms with van der Waals surface area (Å²) in [5, 5.41) is 0. The highest BCUT2D eigenvalue weighted by molar-refractivity contribution is 5.02. The van der Waals surface area contributed by atoms with Crippen LogP contribution in [0.25, 0.3) is 0 Å². The molecule has 3 aliphatic rings. The summed E-state index contributed by atoms with van der Waals surface area (Å²) in [6.07, 6.45) is 19.7. The normalized spacial score (nSPS) is 33.0. The third kappa shape index (κ3) is 13.7. The molecule has 0 heterocycles. The minimum absolute atomic E-state index is 0. The van der Waals surface area contributed by atoms with Gasteiger partial charge in [-0.1, -0.05) is 99.0 Å². The van der Waals surface area contributed by atoms with Gasteiger partial charge in [0.05, 0.1) is 0 Å². The fourth-order valence-corrected chi connectivity index (χ4v) is 3.62. The maximum atomic E-state index is 2.37. The van der Waals surface area contributed by atoms with Gasteiger partial charge in [-0.05, 0) is 68.6 Å². The van der Waals surface area contributed by atoms with E-state index in [0.29, 0.717) is 0 Å². The van der Waals surface area contributed by atoms with Crippen LogP contribution in [0.4, 0.5) is 0 Å². The fourth-order valence-electron chi connectivity index (χ4n) is 3.62. The Morgan fingerprint density at radius 3 is 1.31 bits per heavy atom. The van der Waals surface area contributed by atoms with E-state index in [0.717, 1.165) is 29.6 Å². The van der Waals surface area contributed by atoms with Crippen LogP contribution < -0.4 is 0 Å². The Bertz CT molecular complexity index is 345. The molecule has 3 aliphatic carbocycles. The van der Waals surface area contributed by atoms with E-state index < -0.39 is 0 Å². The predicted octanol–water partition coefficient (Wildman–Crippen LogP) is 9.47. The van der Waals surface area contributed by atoms with Crippen molar-refractivity contribution >= 4 is 0 Å². The highest BCUT2D eigenvalue weighted by atomic mass is 14.2. The summed E-state index contributed by atoms with van der Waals surface area (Å²) in [6, 6.07) is 0. The molecule has 0 aromatic carbocycles. The second-order valence-electron chi connectivity index (χ2n) is 9.21. The van der Waals surface area contributed by atoms with E-state index in [1.165, 1.54) is 57.8 Å². The van der Waals surface area contributed by atoms with Gasteiger partial charge >= 0.3 is 0 Å². The lowest BCUT2D eigenvalue weighted by Gasteiger charge is -2.22. The van der Waals surface area contributed by atoms with Crippen LogP contribution in [-0.2, 0) is 0 Å². The van der Waals surface area contributed by atoms with Gasteiger partial charge in [-0.3, -0.25) is 0 Å². The van der Waals surface area contributed by atoms with Gasteiger partial charge in [-0.15, -0.1) is 0 Å². The molecule has 156 valence electrons. The number of allylic oxidation sites excluding steroid dienone is 4. The van der Waals surface area contributed by atoms with E-state index in [9.17, 15) is 0 Å². The molecule has 0 aromatic rings. The Hall–Kier alpha value is -0.520. The second-order valence-corrected chi connectivity index (χ2v) is 9.21. The quantitative estimate of drug-likeness (QED) is 0.375. The molecule has 1 saturated carbocycles. The van der Waals surface area contributed by atoms with Crippen molar-refractivity contribution in [2.75, 3.05) is 0 Å². The van der Waals surface area contributed by atoms with Crippen LogP contribution in [0.2, 0.25) is 0 Å². The fraction of sp³-hybridized carbons (Fsp3) is 0.846. The lowest BCUT2D eigenvalue weighted by molar-refractivity contribution is 0.308. The molecule has 3 atom stereocenters. The summed E-state index contributed by atoms with van der Waals surface area (Å²) in [4.78, 5) is 0. The molecule has 0 N–H and O–H groups in total. The minimum atomic E-state index is 0. The highest BCUT2D eigenvalue weighted by Gasteiger charge is 2.13. The molecule has 0 saturated heterocycles. The second kappa shape index (κ2) is 15.5. The summed E-state index contributed by atoms with van der Waals surface area (Å²) in [5.74, 6) is 4.66. The molecule has 0 aliphatic heterocycles. The molecule has 0 amide bonds. The molecule has 3 rings (SSSR count). The summed E-state index contributed by atoms with van der Waals surface area (Å²) < 4.78 is 0. The van der Waals surface area contributed by atoms with Crippen LogP contribution >= 0.6 is 0 Å². The first-order valence-electron chi connectivity index (χ1n) is 10.7. The molecule has 26 heavy (non-hydrogen) atoms. The van der Waals surface area contributed by atoms with E-state index in [2.05, 4.69) is 59.8 Å². The van der Waals surface area contributed by atoms with Crippen LogP contribution in [0.3, 0.4) is 0 Å². The third-order valence-electron chi connectivity index (χ3n) is 6.05. The summed E-state index contributed by atoms with van der Waals surface area (Å²) >= 11 is 0. The molecule has 0 heteroatoms. The van der Waals surface area contributed by atoms with Crippen molar-refractivity contribution < 1.29 is 0 Å². The Labute approximate surface area is 167 Å². The zero-order chi connectivity index (χ0) is 17.9. The molecule has 0 nitrogen and oxygen atoms in total. The standard InChI is InChI=1S/C8H16.2C8H14.2CH4/c3*1-7-3-5-8(2)6-4-7;;/h7-8H,3-6H2,1-2H3;3,8H,4-6H2,1-2H3;3,5,7-8H,4,6H2,1-2H3;2*1H4. The average Bonchev–Trinajstić information content (AvgIpc) is 2.57. The van der Waals surface area contributed by atoms with E-state index in [1.807, 2.05) is 0 Å². The predicted molar refractivity (Wildman–Crippen MR) is 124 cm³/mol. The number of hydrogen-bond donors (Lipinski definition) is 0. The first-order chi connectivity index (χ1) is 11.4. The smallest absolute Gasteiger partial charge is 0.0262 e. The number of hydrogen-bond acceptors (Lipinski definition) is 0. The van der Waals surface area contributed by atoms with Crippen molar-refractivity contribution in [3.05, 3.63) is 23.8 Å². The van der Waals surface area contributed by atoms with Crippen LogP contribution in [-0.4, -0.2) is 0 Å². The van der Waals surface area contributed by atoms with Crippen LogP contribution in [0.5, 0.6) is 0 Å². The molecular weight excluding hydrogens is 312 g/mol. The third-order valence-corrected chi connectivity index (χ3v) is 6.05. The summed E-state index contributed by atoms with van der Waals surface area (Å²) in [7, 11) is 0. The molecule has 0 aromatic heterocycles. The Balaban J connectivity index is 0. The minimum Gasteiger partial charge on any atom is -0.0854 e. The van der Waals surface area contributed by atoms with Crippen molar-refractivity contribution in [3.63, 3.8) is 0 Å². The molecule has 3 unspecified atom stereocenters. The van der Waals surface area contributed by atoms with Crippen molar-refractivity contribution in [2.24, 2.45) is 29.6 Å². The highest BCUT2D eigenvalue weighted by Crippen LogP contribution is 2.27. The molecule has 1 fully saturated rings. The lowest BCUT2D eigenvalue weighted by Crippen LogP contribution is -2.08. The van der Waals surface area contributed by atoms with Crippen molar-refractivity contribution in [1.29, 1.82) is 0 Å².